The molecule has 0 unspecified atom stereocenters. The summed E-state index contributed by atoms with van der Waals surface area (Å²) in [4.78, 5) is 14.5. The Labute approximate surface area is 135 Å². The molecule has 1 aromatic heterocycles. The van der Waals surface area contributed by atoms with Crippen molar-refractivity contribution in [2.24, 2.45) is 0 Å². The third-order valence-corrected chi connectivity index (χ3v) is 4.32. The summed E-state index contributed by atoms with van der Waals surface area (Å²) in [6.45, 7) is 6.86. The van der Waals surface area contributed by atoms with Crippen molar-refractivity contribution >= 4 is 47.5 Å². The zero-order valence-electron chi connectivity index (χ0n) is 12.0. The molecule has 0 amide bonds. The van der Waals surface area contributed by atoms with Crippen LogP contribution in [0.5, 0.6) is 0 Å². The third kappa shape index (κ3) is 4.04. The normalized spacial score (nSPS) is 15.9. The first-order valence-electron chi connectivity index (χ1n) is 6.44. The Kier molecular flexibility index (Phi) is 7.15. The summed E-state index contributed by atoms with van der Waals surface area (Å²) >= 11 is 7.87. The molecule has 1 N–H and O–H groups in total. The van der Waals surface area contributed by atoms with Gasteiger partial charge in [0.05, 0.1) is 4.90 Å². The average molecular weight is 338 g/mol. The molecule has 1 saturated heterocycles. The van der Waals surface area contributed by atoms with E-state index in [1.165, 1.54) is 0 Å². The third-order valence-electron chi connectivity index (χ3n) is 3.15. The largest absolute Gasteiger partial charge is 0.354 e. The minimum atomic E-state index is 0. The molecule has 1 fully saturated rings. The fourth-order valence-electron chi connectivity index (χ4n) is 2.06. The number of nitrogens with zero attached hydrogens (tertiary/aromatic N) is 4. The van der Waals surface area contributed by atoms with Crippen LogP contribution in [0.2, 0.25) is 5.15 Å². The first kappa shape index (κ1) is 17.6. The van der Waals surface area contributed by atoms with Gasteiger partial charge in [-0.2, -0.15) is 9.97 Å². The number of hydrogen-bond donors (Lipinski definition) is 1. The van der Waals surface area contributed by atoms with E-state index in [1.54, 1.807) is 11.8 Å². The number of rotatable bonds is 4. The minimum absolute atomic E-state index is 0. The van der Waals surface area contributed by atoms with Crippen LogP contribution in [0.3, 0.4) is 0 Å². The molecule has 2 rings (SSSR count). The van der Waals surface area contributed by atoms with Crippen molar-refractivity contribution in [1.29, 1.82) is 0 Å². The number of nitrogens with one attached hydrogen (secondary N) is 1. The SMILES string of the molecule is CCNc1nc(Cl)c(SC)c(N2CCN(C)CC2)n1.Cl. The molecule has 1 aliphatic rings. The molecule has 1 aromatic rings. The lowest BCUT2D eigenvalue weighted by molar-refractivity contribution is 0.311. The molecule has 0 atom stereocenters. The monoisotopic (exact) mass is 337 g/mol. The fourth-order valence-corrected chi connectivity index (χ4v) is 3.02. The molecule has 0 spiro atoms. The lowest BCUT2D eigenvalue weighted by atomic mass is 10.3. The standard InChI is InChI=1S/C12H20ClN5S.ClH/c1-4-14-12-15-10(13)9(19-3)11(16-12)18-7-5-17(2)6-8-18;/h4-8H2,1-3H3,(H,14,15,16);1H. The Morgan fingerprint density at radius 3 is 2.45 bits per heavy atom. The van der Waals surface area contributed by atoms with Gasteiger partial charge in [-0.25, -0.2) is 0 Å². The molecule has 8 heteroatoms. The Morgan fingerprint density at radius 2 is 1.90 bits per heavy atom. The van der Waals surface area contributed by atoms with E-state index in [-0.39, 0.29) is 12.4 Å². The highest BCUT2D eigenvalue weighted by Crippen LogP contribution is 2.33. The second kappa shape index (κ2) is 8.12. The van der Waals surface area contributed by atoms with Gasteiger partial charge in [0.1, 0.15) is 11.0 Å². The van der Waals surface area contributed by atoms with Gasteiger partial charge >= 0.3 is 0 Å². The van der Waals surface area contributed by atoms with Crippen LogP contribution in [0.4, 0.5) is 11.8 Å². The summed E-state index contributed by atoms with van der Waals surface area (Å²) in [5.41, 5.74) is 0. The number of hydrogen-bond acceptors (Lipinski definition) is 6. The van der Waals surface area contributed by atoms with Gasteiger partial charge in [-0.1, -0.05) is 11.6 Å². The second-order valence-electron chi connectivity index (χ2n) is 4.52. The highest BCUT2D eigenvalue weighted by Gasteiger charge is 2.21. The van der Waals surface area contributed by atoms with Gasteiger partial charge in [0.15, 0.2) is 0 Å². The topological polar surface area (TPSA) is 44.3 Å². The molecule has 5 nitrogen and oxygen atoms in total. The van der Waals surface area contributed by atoms with Crippen LogP contribution in [0.1, 0.15) is 6.92 Å². The van der Waals surface area contributed by atoms with Gasteiger partial charge in [0, 0.05) is 32.7 Å². The summed E-state index contributed by atoms with van der Waals surface area (Å²) < 4.78 is 0. The molecule has 0 radical (unpaired) electrons. The van der Waals surface area contributed by atoms with E-state index in [4.69, 9.17) is 11.6 Å². The van der Waals surface area contributed by atoms with E-state index < -0.39 is 0 Å². The maximum atomic E-state index is 6.27. The van der Waals surface area contributed by atoms with Crippen molar-refractivity contribution in [2.75, 3.05) is 56.2 Å². The minimum Gasteiger partial charge on any atom is -0.354 e. The molecular formula is C12H21Cl2N5S. The molecule has 0 aliphatic carbocycles. The summed E-state index contributed by atoms with van der Waals surface area (Å²) in [5, 5.41) is 3.67. The number of likely N-dealkylation sites (N-methyl/N-ethyl adjacent to an activating group) is 1. The number of piperazine rings is 1. The predicted molar refractivity (Wildman–Crippen MR) is 89.9 cm³/mol. The molecule has 0 aromatic carbocycles. The first-order chi connectivity index (χ1) is 9.15. The van der Waals surface area contributed by atoms with Crippen molar-refractivity contribution in [3.05, 3.63) is 5.15 Å². The van der Waals surface area contributed by atoms with Crippen LogP contribution in [0, 0.1) is 0 Å². The molecule has 0 bridgehead atoms. The smallest absolute Gasteiger partial charge is 0.226 e. The molecule has 114 valence electrons. The predicted octanol–water partition coefficient (Wildman–Crippen LogP) is 2.46. The van der Waals surface area contributed by atoms with Gasteiger partial charge in [0.2, 0.25) is 5.95 Å². The van der Waals surface area contributed by atoms with Gasteiger partial charge in [-0.3, -0.25) is 0 Å². The second-order valence-corrected chi connectivity index (χ2v) is 5.69. The van der Waals surface area contributed by atoms with E-state index in [1.807, 2.05) is 13.2 Å². The Balaban J connectivity index is 0.00000200. The van der Waals surface area contributed by atoms with Crippen molar-refractivity contribution in [2.45, 2.75) is 11.8 Å². The molecule has 20 heavy (non-hydrogen) atoms. The van der Waals surface area contributed by atoms with Crippen LogP contribution in [-0.2, 0) is 0 Å². The van der Waals surface area contributed by atoms with E-state index >= 15 is 0 Å². The summed E-state index contributed by atoms with van der Waals surface area (Å²) in [6, 6.07) is 0. The molecule has 0 saturated carbocycles. The van der Waals surface area contributed by atoms with Gasteiger partial charge in [0.25, 0.3) is 0 Å². The highest BCUT2D eigenvalue weighted by atomic mass is 35.5. The van der Waals surface area contributed by atoms with Gasteiger partial charge in [-0.05, 0) is 20.2 Å². The fraction of sp³-hybridized carbons (Fsp3) is 0.667. The number of halogens is 2. The summed E-state index contributed by atoms with van der Waals surface area (Å²) in [5.74, 6) is 1.57. The van der Waals surface area contributed by atoms with Crippen molar-refractivity contribution < 1.29 is 0 Å². The Hall–Kier alpha value is -0.430. The van der Waals surface area contributed by atoms with Crippen molar-refractivity contribution in [3.8, 4) is 0 Å². The van der Waals surface area contributed by atoms with Crippen molar-refractivity contribution in [3.63, 3.8) is 0 Å². The zero-order chi connectivity index (χ0) is 13.8. The average Bonchev–Trinajstić information content (AvgIpc) is 2.39. The van der Waals surface area contributed by atoms with Crippen LogP contribution < -0.4 is 10.2 Å². The van der Waals surface area contributed by atoms with E-state index in [2.05, 4.69) is 32.1 Å². The van der Waals surface area contributed by atoms with Crippen LogP contribution >= 0.6 is 35.8 Å². The number of thioether (sulfide) groups is 1. The molecule has 2 heterocycles. The lowest BCUT2D eigenvalue weighted by Gasteiger charge is -2.34. The summed E-state index contributed by atoms with van der Waals surface area (Å²) in [6.07, 6.45) is 2.01. The summed E-state index contributed by atoms with van der Waals surface area (Å²) in [7, 11) is 2.14. The van der Waals surface area contributed by atoms with E-state index in [9.17, 15) is 0 Å². The number of anilines is 2. The highest BCUT2D eigenvalue weighted by molar-refractivity contribution is 7.98. The van der Waals surface area contributed by atoms with Gasteiger partial charge in [-0.15, -0.1) is 24.2 Å². The zero-order valence-corrected chi connectivity index (χ0v) is 14.4. The Bertz CT molecular complexity index is 438. The maximum absolute atomic E-state index is 6.27. The van der Waals surface area contributed by atoms with Crippen LogP contribution in [0.25, 0.3) is 0 Å². The maximum Gasteiger partial charge on any atom is 0.226 e. The lowest BCUT2D eigenvalue weighted by Crippen LogP contribution is -2.45. The van der Waals surface area contributed by atoms with Crippen LogP contribution in [-0.4, -0.2) is 60.9 Å². The van der Waals surface area contributed by atoms with E-state index in [0.29, 0.717) is 11.1 Å². The quantitative estimate of drug-likeness (QED) is 0.672. The molecule has 1 aliphatic heterocycles. The van der Waals surface area contributed by atoms with Gasteiger partial charge < -0.3 is 15.1 Å². The first-order valence-corrected chi connectivity index (χ1v) is 8.04. The Morgan fingerprint density at radius 1 is 1.25 bits per heavy atom. The van der Waals surface area contributed by atoms with Crippen molar-refractivity contribution in [1.82, 2.24) is 14.9 Å². The van der Waals surface area contributed by atoms with Crippen LogP contribution in [0.15, 0.2) is 4.90 Å². The molecular weight excluding hydrogens is 317 g/mol. The van der Waals surface area contributed by atoms with E-state index in [0.717, 1.165) is 43.4 Å². The number of aromatic nitrogens is 2.